The number of nitrogens with one attached hydrogen (secondary N) is 2. The van der Waals surface area contributed by atoms with Gasteiger partial charge in [0.15, 0.2) is 0 Å². The number of aliphatic hydroxyl groups is 1. The van der Waals surface area contributed by atoms with Gasteiger partial charge in [-0.15, -0.1) is 0 Å². The van der Waals surface area contributed by atoms with Crippen LogP contribution in [0, 0.1) is 5.92 Å². The quantitative estimate of drug-likeness (QED) is 0.789. The van der Waals surface area contributed by atoms with Crippen molar-refractivity contribution in [1.29, 1.82) is 0 Å². The lowest BCUT2D eigenvalue weighted by Gasteiger charge is -2.25. The van der Waals surface area contributed by atoms with Crippen LogP contribution in [0.3, 0.4) is 0 Å². The lowest BCUT2D eigenvalue weighted by molar-refractivity contribution is 0.101. The molecule has 1 fully saturated rings. The molecule has 3 N–H and O–H groups in total. The van der Waals surface area contributed by atoms with Crippen LogP contribution in [0.5, 0.6) is 0 Å². The second kappa shape index (κ2) is 7.97. The van der Waals surface area contributed by atoms with Gasteiger partial charge in [0.25, 0.3) is 0 Å². The van der Waals surface area contributed by atoms with Crippen molar-refractivity contribution < 1.29 is 9.90 Å². The van der Waals surface area contributed by atoms with Crippen LogP contribution in [0.15, 0.2) is 42.7 Å². The highest BCUT2D eigenvalue weighted by Gasteiger charge is 2.20. The lowest BCUT2D eigenvalue weighted by atomic mass is 9.87. The zero-order valence-corrected chi connectivity index (χ0v) is 13.7. The van der Waals surface area contributed by atoms with Crippen molar-refractivity contribution in [2.24, 2.45) is 5.92 Å². The maximum Gasteiger partial charge on any atom is 0.319 e. The van der Waals surface area contributed by atoms with E-state index in [2.05, 4.69) is 15.7 Å². The molecule has 1 saturated carbocycles. The SMILES string of the molecule is O=C(NCC1CCCC(O)C1)Nc1cnn(Cc2ccccc2)c1. The van der Waals surface area contributed by atoms with Crippen molar-refractivity contribution in [2.75, 3.05) is 11.9 Å². The van der Waals surface area contributed by atoms with Crippen LogP contribution in [-0.4, -0.2) is 33.6 Å². The van der Waals surface area contributed by atoms with Gasteiger partial charge in [0, 0.05) is 12.7 Å². The molecule has 0 spiro atoms. The molecule has 128 valence electrons. The van der Waals surface area contributed by atoms with Crippen LogP contribution in [-0.2, 0) is 6.54 Å². The van der Waals surface area contributed by atoms with Crippen LogP contribution in [0.2, 0.25) is 0 Å². The lowest BCUT2D eigenvalue weighted by Crippen LogP contribution is -2.35. The summed E-state index contributed by atoms with van der Waals surface area (Å²) in [4.78, 5) is 12.0. The molecule has 0 bridgehead atoms. The zero-order chi connectivity index (χ0) is 16.8. The number of urea groups is 1. The molecule has 0 saturated heterocycles. The van der Waals surface area contributed by atoms with E-state index in [-0.39, 0.29) is 12.1 Å². The fourth-order valence-corrected chi connectivity index (χ4v) is 3.15. The first kappa shape index (κ1) is 16.5. The smallest absolute Gasteiger partial charge is 0.319 e. The van der Waals surface area contributed by atoms with Gasteiger partial charge in [-0.25, -0.2) is 4.79 Å². The van der Waals surface area contributed by atoms with Gasteiger partial charge in [-0.3, -0.25) is 4.68 Å². The molecule has 2 aromatic rings. The van der Waals surface area contributed by atoms with E-state index < -0.39 is 0 Å². The monoisotopic (exact) mass is 328 g/mol. The third-order valence-corrected chi connectivity index (χ3v) is 4.38. The van der Waals surface area contributed by atoms with Crippen molar-refractivity contribution >= 4 is 11.7 Å². The van der Waals surface area contributed by atoms with Gasteiger partial charge in [-0.2, -0.15) is 5.10 Å². The molecule has 6 heteroatoms. The molecule has 2 unspecified atom stereocenters. The maximum atomic E-state index is 12.0. The first-order chi connectivity index (χ1) is 11.7. The molecular formula is C18H24N4O2. The summed E-state index contributed by atoms with van der Waals surface area (Å²) in [5.41, 5.74) is 1.83. The van der Waals surface area contributed by atoms with Crippen molar-refractivity contribution in [1.82, 2.24) is 15.1 Å². The number of aliphatic hydroxyl groups excluding tert-OH is 1. The Hall–Kier alpha value is -2.34. The number of benzene rings is 1. The first-order valence-corrected chi connectivity index (χ1v) is 8.48. The highest BCUT2D eigenvalue weighted by atomic mass is 16.3. The number of anilines is 1. The minimum Gasteiger partial charge on any atom is -0.393 e. The van der Waals surface area contributed by atoms with E-state index in [0.717, 1.165) is 31.2 Å². The molecular weight excluding hydrogens is 304 g/mol. The highest BCUT2D eigenvalue weighted by Crippen LogP contribution is 2.23. The Morgan fingerprint density at radius 2 is 2.12 bits per heavy atom. The number of aromatic nitrogens is 2. The molecule has 2 atom stereocenters. The second-order valence-electron chi connectivity index (χ2n) is 6.43. The van der Waals surface area contributed by atoms with Crippen LogP contribution in [0.4, 0.5) is 10.5 Å². The molecule has 0 radical (unpaired) electrons. The fraction of sp³-hybridized carbons (Fsp3) is 0.444. The normalized spacial score (nSPS) is 20.5. The number of rotatable bonds is 5. The summed E-state index contributed by atoms with van der Waals surface area (Å²) < 4.78 is 1.79. The predicted octanol–water partition coefficient (Wildman–Crippen LogP) is 2.60. The zero-order valence-electron chi connectivity index (χ0n) is 13.7. The highest BCUT2D eigenvalue weighted by molar-refractivity contribution is 5.88. The molecule has 1 aromatic heterocycles. The Kier molecular flexibility index (Phi) is 5.48. The molecule has 1 heterocycles. The topological polar surface area (TPSA) is 79.2 Å². The maximum absolute atomic E-state index is 12.0. The Morgan fingerprint density at radius 3 is 2.92 bits per heavy atom. The van der Waals surface area contributed by atoms with E-state index in [1.807, 2.05) is 36.5 Å². The number of hydrogen-bond acceptors (Lipinski definition) is 3. The molecule has 6 nitrogen and oxygen atoms in total. The largest absolute Gasteiger partial charge is 0.393 e. The summed E-state index contributed by atoms with van der Waals surface area (Å²) in [5.74, 6) is 0.361. The van der Waals surface area contributed by atoms with Gasteiger partial charge in [0.2, 0.25) is 0 Å². The second-order valence-corrected chi connectivity index (χ2v) is 6.43. The van der Waals surface area contributed by atoms with E-state index in [4.69, 9.17) is 0 Å². The summed E-state index contributed by atoms with van der Waals surface area (Å²) in [5, 5.41) is 19.6. The first-order valence-electron chi connectivity index (χ1n) is 8.48. The molecule has 2 amide bonds. The van der Waals surface area contributed by atoms with E-state index in [1.165, 1.54) is 0 Å². The molecule has 1 aromatic carbocycles. The molecule has 1 aliphatic carbocycles. The molecule has 1 aliphatic rings. The van der Waals surface area contributed by atoms with E-state index in [9.17, 15) is 9.90 Å². The summed E-state index contributed by atoms with van der Waals surface area (Å²) in [7, 11) is 0. The number of amides is 2. The average molecular weight is 328 g/mol. The minimum atomic E-state index is -0.227. The van der Waals surface area contributed by atoms with Crippen molar-refractivity contribution in [3.05, 3.63) is 48.3 Å². The standard InChI is InChI=1S/C18H24N4O2/c23-17-8-4-7-15(9-17)10-19-18(24)21-16-11-20-22(13-16)12-14-5-2-1-3-6-14/h1-3,5-6,11,13,15,17,23H,4,7-10,12H2,(H2,19,21,24). The van der Waals surface area contributed by atoms with E-state index >= 15 is 0 Å². The number of nitrogens with zero attached hydrogens (tertiary/aromatic N) is 2. The Morgan fingerprint density at radius 1 is 1.29 bits per heavy atom. The van der Waals surface area contributed by atoms with Gasteiger partial charge >= 0.3 is 6.03 Å². The Balaban J connectivity index is 1.45. The van der Waals surface area contributed by atoms with Gasteiger partial charge in [-0.1, -0.05) is 36.8 Å². The van der Waals surface area contributed by atoms with Crippen LogP contribution in [0.1, 0.15) is 31.2 Å². The van der Waals surface area contributed by atoms with E-state index in [0.29, 0.717) is 24.7 Å². The summed E-state index contributed by atoms with van der Waals surface area (Å²) in [6.07, 6.45) is 6.99. The van der Waals surface area contributed by atoms with Crippen LogP contribution in [0.25, 0.3) is 0 Å². The summed E-state index contributed by atoms with van der Waals surface area (Å²) in [6, 6.07) is 9.82. The average Bonchev–Trinajstić information content (AvgIpc) is 3.01. The third-order valence-electron chi connectivity index (χ3n) is 4.38. The Labute approximate surface area is 141 Å². The Bertz CT molecular complexity index is 656. The molecule has 3 rings (SSSR count). The van der Waals surface area contributed by atoms with Gasteiger partial charge in [-0.05, 0) is 30.7 Å². The van der Waals surface area contributed by atoms with Gasteiger partial charge in [0.05, 0.1) is 24.5 Å². The third kappa shape index (κ3) is 4.83. The molecule has 24 heavy (non-hydrogen) atoms. The fourth-order valence-electron chi connectivity index (χ4n) is 3.15. The number of hydrogen-bond donors (Lipinski definition) is 3. The predicted molar refractivity (Wildman–Crippen MR) is 92.8 cm³/mol. The molecule has 0 aliphatic heterocycles. The number of carbonyl (C=O) groups excluding carboxylic acids is 1. The van der Waals surface area contributed by atoms with E-state index in [1.54, 1.807) is 10.9 Å². The van der Waals surface area contributed by atoms with Gasteiger partial charge in [0.1, 0.15) is 0 Å². The van der Waals surface area contributed by atoms with Gasteiger partial charge < -0.3 is 15.7 Å². The van der Waals surface area contributed by atoms with Crippen molar-refractivity contribution in [3.63, 3.8) is 0 Å². The van der Waals surface area contributed by atoms with Crippen LogP contribution >= 0.6 is 0 Å². The minimum absolute atomic E-state index is 0.218. The van der Waals surface area contributed by atoms with Crippen molar-refractivity contribution in [3.8, 4) is 0 Å². The number of carbonyl (C=O) groups is 1. The summed E-state index contributed by atoms with van der Waals surface area (Å²) >= 11 is 0. The van der Waals surface area contributed by atoms with Crippen LogP contribution < -0.4 is 10.6 Å². The summed E-state index contributed by atoms with van der Waals surface area (Å²) in [6.45, 7) is 1.27. The van der Waals surface area contributed by atoms with Crippen molar-refractivity contribution in [2.45, 2.75) is 38.3 Å².